The molecule has 0 spiro atoms. The van der Waals surface area contributed by atoms with Gasteiger partial charge in [0.05, 0.1) is 11.9 Å². The summed E-state index contributed by atoms with van der Waals surface area (Å²) in [5.41, 5.74) is 3.32. The SMILES string of the molecule is Cc1cccc(C)c1N(CCC(=O)NCc1ccncc1)S(C)(=O)=O. The maximum atomic E-state index is 12.2. The molecule has 0 aliphatic heterocycles. The Kier molecular flexibility index (Phi) is 6.14. The summed E-state index contributed by atoms with van der Waals surface area (Å²) in [6.07, 6.45) is 4.57. The van der Waals surface area contributed by atoms with Gasteiger partial charge in [0.2, 0.25) is 15.9 Å². The monoisotopic (exact) mass is 361 g/mol. The fourth-order valence-corrected chi connectivity index (χ4v) is 3.68. The number of anilines is 1. The van der Waals surface area contributed by atoms with Crippen LogP contribution < -0.4 is 9.62 Å². The van der Waals surface area contributed by atoms with Crippen molar-refractivity contribution in [1.29, 1.82) is 0 Å². The van der Waals surface area contributed by atoms with Gasteiger partial charge in [0.1, 0.15) is 0 Å². The number of pyridine rings is 1. The Morgan fingerprint density at radius 1 is 1.12 bits per heavy atom. The van der Waals surface area contributed by atoms with Crippen molar-refractivity contribution in [2.24, 2.45) is 0 Å². The first-order chi connectivity index (χ1) is 11.8. The molecule has 6 nitrogen and oxygen atoms in total. The van der Waals surface area contributed by atoms with Crippen LogP contribution in [-0.4, -0.2) is 32.1 Å². The average molecular weight is 361 g/mol. The topological polar surface area (TPSA) is 79.4 Å². The molecule has 0 saturated carbocycles. The van der Waals surface area contributed by atoms with E-state index in [1.54, 1.807) is 12.4 Å². The molecule has 0 unspecified atom stereocenters. The van der Waals surface area contributed by atoms with Crippen LogP contribution in [0.15, 0.2) is 42.7 Å². The van der Waals surface area contributed by atoms with E-state index in [-0.39, 0.29) is 18.9 Å². The number of carbonyl (C=O) groups excluding carboxylic acids is 1. The quantitative estimate of drug-likeness (QED) is 0.820. The molecule has 1 aromatic carbocycles. The molecule has 0 saturated heterocycles. The highest BCUT2D eigenvalue weighted by molar-refractivity contribution is 7.92. The van der Waals surface area contributed by atoms with Crippen LogP contribution in [0.3, 0.4) is 0 Å². The van der Waals surface area contributed by atoms with Crippen molar-refractivity contribution >= 4 is 21.6 Å². The molecule has 0 bridgehead atoms. The minimum Gasteiger partial charge on any atom is -0.352 e. The normalized spacial score (nSPS) is 11.2. The van der Waals surface area contributed by atoms with Gasteiger partial charge in [-0.25, -0.2) is 8.42 Å². The van der Waals surface area contributed by atoms with E-state index in [4.69, 9.17) is 0 Å². The molecule has 0 fully saturated rings. The van der Waals surface area contributed by atoms with Gasteiger partial charge < -0.3 is 5.32 Å². The van der Waals surface area contributed by atoms with Crippen LogP contribution in [0.2, 0.25) is 0 Å². The summed E-state index contributed by atoms with van der Waals surface area (Å²) in [5, 5.41) is 2.80. The zero-order valence-corrected chi connectivity index (χ0v) is 15.5. The number of sulfonamides is 1. The lowest BCUT2D eigenvalue weighted by Gasteiger charge is -2.25. The summed E-state index contributed by atoms with van der Waals surface area (Å²) >= 11 is 0. The van der Waals surface area contributed by atoms with Crippen molar-refractivity contribution in [2.75, 3.05) is 17.1 Å². The smallest absolute Gasteiger partial charge is 0.232 e. The van der Waals surface area contributed by atoms with Crippen molar-refractivity contribution in [3.05, 3.63) is 59.4 Å². The number of nitrogens with one attached hydrogen (secondary N) is 1. The third-order valence-electron chi connectivity index (χ3n) is 3.87. The molecule has 7 heteroatoms. The predicted molar refractivity (Wildman–Crippen MR) is 98.8 cm³/mol. The highest BCUT2D eigenvalue weighted by Gasteiger charge is 2.21. The molecular weight excluding hydrogens is 338 g/mol. The van der Waals surface area contributed by atoms with Gasteiger partial charge in [0.15, 0.2) is 0 Å². The second kappa shape index (κ2) is 8.11. The summed E-state index contributed by atoms with van der Waals surface area (Å²) in [4.78, 5) is 16.0. The Morgan fingerprint density at radius 2 is 1.72 bits per heavy atom. The van der Waals surface area contributed by atoms with E-state index in [2.05, 4.69) is 10.3 Å². The largest absolute Gasteiger partial charge is 0.352 e. The Bertz CT molecular complexity index is 816. The predicted octanol–water partition coefficient (Wildman–Crippen LogP) is 2.17. The third-order valence-corrected chi connectivity index (χ3v) is 5.04. The fraction of sp³-hybridized carbons (Fsp3) is 0.333. The number of aryl methyl sites for hydroxylation is 2. The Balaban J connectivity index is 2.05. The van der Waals surface area contributed by atoms with Gasteiger partial charge in [0, 0.05) is 31.9 Å². The molecule has 1 amide bonds. The average Bonchev–Trinajstić information content (AvgIpc) is 2.55. The molecule has 1 heterocycles. The zero-order valence-electron chi connectivity index (χ0n) is 14.7. The first kappa shape index (κ1) is 18.9. The zero-order chi connectivity index (χ0) is 18.4. The number of benzene rings is 1. The Morgan fingerprint density at radius 3 is 2.28 bits per heavy atom. The highest BCUT2D eigenvalue weighted by Crippen LogP contribution is 2.26. The van der Waals surface area contributed by atoms with Crippen LogP contribution in [0.25, 0.3) is 0 Å². The van der Waals surface area contributed by atoms with Crippen molar-refractivity contribution < 1.29 is 13.2 Å². The molecule has 0 aliphatic rings. The molecule has 0 atom stereocenters. The minimum absolute atomic E-state index is 0.0892. The van der Waals surface area contributed by atoms with Gasteiger partial charge in [-0.2, -0.15) is 0 Å². The van der Waals surface area contributed by atoms with E-state index < -0.39 is 10.0 Å². The maximum absolute atomic E-state index is 12.2. The van der Waals surface area contributed by atoms with Crippen LogP contribution in [0.1, 0.15) is 23.1 Å². The minimum atomic E-state index is -3.48. The van der Waals surface area contributed by atoms with Gasteiger partial charge in [0.25, 0.3) is 0 Å². The van der Waals surface area contributed by atoms with E-state index in [1.165, 1.54) is 4.31 Å². The number of amides is 1. The summed E-state index contributed by atoms with van der Waals surface area (Å²) in [6.45, 7) is 4.23. The number of para-hydroxylation sites is 1. The standard InChI is InChI=1S/C18H23N3O3S/c1-14-5-4-6-15(2)18(14)21(25(3,23)24)12-9-17(22)20-13-16-7-10-19-11-8-16/h4-8,10-11H,9,12-13H2,1-3H3,(H,20,22). The number of aromatic nitrogens is 1. The number of hydrogen-bond acceptors (Lipinski definition) is 4. The van der Waals surface area contributed by atoms with Crippen LogP contribution in [-0.2, 0) is 21.4 Å². The van der Waals surface area contributed by atoms with Crippen LogP contribution in [0.4, 0.5) is 5.69 Å². The summed E-state index contributed by atoms with van der Waals surface area (Å²) in [7, 11) is -3.48. The lowest BCUT2D eigenvalue weighted by atomic mass is 10.1. The lowest BCUT2D eigenvalue weighted by molar-refractivity contribution is -0.121. The third kappa shape index (κ3) is 5.29. The van der Waals surface area contributed by atoms with E-state index in [0.717, 1.165) is 22.9 Å². The fourth-order valence-electron chi connectivity index (χ4n) is 2.64. The van der Waals surface area contributed by atoms with Crippen LogP contribution in [0, 0.1) is 13.8 Å². The van der Waals surface area contributed by atoms with Crippen molar-refractivity contribution in [2.45, 2.75) is 26.8 Å². The summed E-state index contributed by atoms with van der Waals surface area (Å²) in [5.74, 6) is -0.198. The van der Waals surface area contributed by atoms with Gasteiger partial charge >= 0.3 is 0 Å². The van der Waals surface area contributed by atoms with Gasteiger partial charge in [-0.05, 0) is 42.7 Å². The van der Waals surface area contributed by atoms with Crippen molar-refractivity contribution in [3.8, 4) is 0 Å². The second-order valence-electron chi connectivity index (χ2n) is 5.96. The van der Waals surface area contributed by atoms with E-state index in [0.29, 0.717) is 12.2 Å². The van der Waals surface area contributed by atoms with Gasteiger partial charge in [-0.15, -0.1) is 0 Å². The van der Waals surface area contributed by atoms with E-state index in [9.17, 15) is 13.2 Å². The molecule has 1 N–H and O–H groups in total. The number of nitrogens with zero attached hydrogens (tertiary/aromatic N) is 2. The molecule has 134 valence electrons. The molecule has 2 aromatic rings. The molecule has 25 heavy (non-hydrogen) atoms. The van der Waals surface area contributed by atoms with E-state index in [1.807, 2.05) is 44.2 Å². The first-order valence-corrected chi connectivity index (χ1v) is 9.83. The van der Waals surface area contributed by atoms with E-state index >= 15 is 0 Å². The molecule has 0 aliphatic carbocycles. The van der Waals surface area contributed by atoms with Crippen LogP contribution in [0.5, 0.6) is 0 Å². The molecular formula is C18H23N3O3S. The Hall–Kier alpha value is -2.41. The molecule has 1 aromatic heterocycles. The van der Waals surface area contributed by atoms with Crippen LogP contribution >= 0.6 is 0 Å². The number of hydrogen-bond donors (Lipinski definition) is 1. The molecule has 0 radical (unpaired) electrons. The Labute approximate surface area is 148 Å². The van der Waals surface area contributed by atoms with Gasteiger partial charge in [-0.3, -0.25) is 14.1 Å². The second-order valence-corrected chi connectivity index (χ2v) is 7.86. The molecule has 2 rings (SSSR count). The maximum Gasteiger partial charge on any atom is 0.232 e. The lowest BCUT2D eigenvalue weighted by Crippen LogP contribution is -2.35. The number of rotatable bonds is 7. The van der Waals surface area contributed by atoms with Crippen molar-refractivity contribution in [1.82, 2.24) is 10.3 Å². The highest BCUT2D eigenvalue weighted by atomic mass is 32.2. The van der Waals surface area contributed by atoms with Gasteiger partial charge in [-0.1, -0.05) is 18.2 Å². The number of carbonyl (C=O) groups is 1. The van der Waals surface area contributed by atoms with Crippen molar-refractivity contribution in [3.63, 3.8) is 0 Å². The summed E-state index contributed by atoms with van der Waals surface area (Å²) in [6, 6.07) is 9.25. The summed E-state index contributed by atoms with van der Waals surface area (Å²) < 4.78 is 25.7. The first-order valence-electron chi connectivity index (χ1n) is 7.98.